The maximum atomic E-state index is 5.47. The highest BCUT2D eigenvalue weighted by molar-refractivity contribution is 5.91. The summed E-state index contributed by atoms with van der Waals surface area (Å²) in [7, 11) is 4.00. The van der Waals surface area contributed by atoms with Crippen LogP contribution in [0.3, 0.4) is 0 Å². The number of ether oxygens (including phenoxy) is 1. The summed E-state index contributed by atoms with van der Waals surface area (Å²) in [5, 5.41) is 13.9. The van der Waals surface area contributed by atoms with Crippen molar-refractivity contribution in [2.24, 2.45) is 14.1 Å². The Morgan fingerprint density at radius 2 is 2.00 bits per heavy atom. The molecule has 0 amide bonds. The van der Waals surface area contributed by atoms with Crippen LogP contribution in [0.4, 0.5) is 5.69 Å². The fourth-order valence-corrected chi connectivity index (χ4v) is 3.71. The van der Waals surface area contributed by atoms with Gasteiger partial charge in [0.05, 0.1) is 29.1 Å². The van der Waals surface area contributed by atoms with Crippen molar-refractivity contribution in [2.45, 2.75) is 31.7 Å². The Labute approximate surface area is 147 Å². The van der Waals surface area contributed by atoms with Crippen molar-refractivity contribution in [1.29, 1.82) is 0 Å². The third-order valence-electron chi connectivity index (χ3n) is 5.18. The first-order valence-electron chi connectivity index (χ1n) is 8.92. The van der Waals surface area contributed by atoms with E-state index in [4.69, 9.17) is 9.84 Å². The lowest BCUT2D eigenvalue weighted by Gasteiger charge is -2.19. The van der Waals surface area contributed by atoms with Crippen LogP contribution in [0.25, 0.3) is 10.9 Å². The standard InChI is InChI=1S/C19H25N5O/c1-13(21-16-5-4-6-18-15(16)12-20-23(18)2)19-11-17(22-24(19)3)14-7-9-25-10-8-14/h4-6,11-14,21H,7-10H2,1-3H3. The summed E-state index contributed by atoms with van der Waals surface area (Å²) in [6.45, 7) is 3.86. The van der Waals surface area contributed by atoms with Crippen LogP contribution in [0.2, 0.25) is 0 Å². The van der Waals surface area contributed by atoms with Gasteiger partial charge in [0.25, 0.3) is 0 Å². The molecule has 1 aromatic carbocycles. The molecule has 2 aromatic heterocycles. The number of benzene rings is 1. The fourth-order valence-electron chi connectivity index (χ4n) is 3.71. The number of nitrogens with one attached hydrogen (secondary N) is 1. The van der Waals surface area contributed by atoms with E-state index in [1.54, 1.807) is 0 Å². The SMILES string of the molecule is CC(Nc1cccc2c1cnn2C)c1cc(C2CCOCC2)nn1C. The predicted molar refractivity (Wildman–Crippen MR) is 98.8 cm³/mol. The molecule has 4 rings (SSSR count). The molecule has 0 radical (unpaired) electrons. The van der Waals surface area contributed by atoms with Gasteiger partial charge in [-0.15, -0.1) is 0 Å². The first-order chi connectivity index (χ1) is 12.1. The van der Waals surface area contributed by atoms with Crippen LogP contribution in [0.5, 0.6) is 0 Å². The van der Waals surface area contributed by atoms with Gasteiger partial charge in [-0.1, -0.05) is 6.07 Å². The molecule has 3 aromatic rings. The number of aromatic nitrogens is 4. The molecule has 6 nitrogen and oxygen atoms in total. The van der Waals surface area contributed by atoms with E-state index in [0.717, 1.165) is 42.6 Å². The lowest BCUT2D eigenvalue weighted by molar-refractivity contribution is 0.0844. The summed E-state index contributed by atoms with van der Waals surface area (Å²) < 4.78 is 9.38. The Balaban J connectivity index is 1.58. The van der Waals surface area contributed by atoms with Crippen molar-refractivity contribution in [3.8, 4) is 0 Å². The topological polar surface area (TPSA) is 56.9 Å². The maximum absolute atomic E-state index is 5.47. The summed E-state index contributed by atoms with van der Waals surface area (Å²) in [5.41, 5.74) is 4.62. The van der Waals surface area contributed by atoms with E-state index < -0.39 is 0 Å². The zero-order valence-corrected chi connectivity index (χ0v) is 15.1. The molecule has 0 bridgehead atoms. The van der Waals surface area contributed by atoms with E-state index >= 15 is 0 Å². The minimum atomic E-state index is 0.164. The largest absolute Gasteiger partial charge is 0.381 e. The Hall–Kier alpha value is -2.34. The maximum Gasteiger partial charge on any atom is 0.0699 e. The van der Waals surface area contributed by atoms with Crippen LogP contribution in [-0.2, 0) is 18.8 Å². The van der Waals surface area contributed by atoms with Gasteiger partial charge in [0, 0.05) is 44.3 Å². The van der Waals surface area contributed by atoms with Gasteiger partial charge >= 0.3 is 0 Å². The normalized spacial score (nSPS) is 17.1. The zero-order valence-electron chi connectivity index (χ0n) is 15.1. The highest BCUT2D eigenvalue weighted by Crippen LogP contribution is 2.30. The third-order valence-corrected chi connectivity index (χ3v) is 5.18. The minimum Gasteiger partial charge on any atom is -0.381 e. The summed E-state index contributed by atoms with van der Waals surface area (Å²) >= 11 is 0. The monoisotopic (exact) mass is 339 g/mol. The van der Waals surface area contributed by atoms with E-state index in [9.17, 15) is 0 Å². The lowest BCUT2D eigenvalue weighted by Crippen LogP contribution is -2.14. The molecule has 1 atom stereocenters. The van der Waals surface area contributed by atoms with Gasteiger partial charge in [0.15, 0.2) is 0 Å². The van der Waals surface area contributed by atoms with Crippen LogP contribution in [-0.4, -0.2) is 32.8 Å². The molecular formula is C19H25N5O. The van der Waals surface area contributed by atoms with E-state index in [0.29, 0.717) is 5.92 Å². The average Bonchev–Trinajstić information content (AvgIpc) is 3.20. The highest BCUT2D eigenvalue weighted by Gasteiger charge is 2.21. The summed E-state index contributed by atoms with van der Waals surface area (Å²) in [6, 6.07) is 8.67. The quantitative estimate of drug-likeness (QED) is 0.792. The van der Waals surface area contributed by atoms with E-state index in [1.165, 1.54) is 11.4 Å². The number of aryl methyl sites for hydroxylation is 2. The molecule has 0 saturated carbocycles. The molecule has 1 aliphatic heterocycles. The minimum absolute atomic E-state index is 0.164. The third kappa shape index (κ3) is 3.02. The second kappa shape index (κ2) is 6.52. The van der Waals surface area contributed by atoms with E-state index in [2.05, 4.69) is 41.6 Å². The van der Waals surface area contributed by atoms with Crippen LogP contribution in [0.15, 0.2) is 30.5 Å². The molecule has 0 aliphatic carbocycles. The Morgan fingerprint density at radius 1 is 1.20 bits per heavy atom. The first kappa shape index (κ1) is 16.1. The number of nitrogens with zero attached hydrogens (tertiary/aromatic N) is 4. The van der Waals surface area contributed by atoms with Gasteiger partial charge < -0.3 is 10.1 Å². The molecule has 1 fully saturated rings. The molecule has 1 aliphatic rings. The van der Waals surface area contributed by atoms with Crippen LogP contribution >= 0.6 is 0 Å². The number of fused-ring (bicyclic) bond motifs is 1. The number of hydrogen-bond donors (Lipinski definition) is 1. The molecule has 1 unspecified atom stereocenters. The van der Waals surface area contributed by atoms with Crippen molar-refractivity contribution in [1.82, 2.24) is 19.6 Å². The predicted octanol–water partition coefficient (Wildman–Crippen LogP) is 3.37. The van der Waals surface area contributed by atoms with Gasteiger partial charge in [0.2, 0.25) is 0 Å². The van der Waals surface area contributed by atoms with Crippen LogP contribution < -0.4 is 5.32 Å². The van der Waals surface area contributed by atoms with Gasteiger partial charge in [-0.3, -0.25) is 9.36 Å². The van der Waals surface area contributed by atoms with E-state index in [-0.39, 0.29) is 6.04 Å². The zero-order chi connectivity index (χ0) is 17.4. The molecule has 1 saturated heterocycles. The molecule has 25 heavy (non-hydrogen) atoms. The molecule has 3 heterocycles. The second-order valence-corrected chi connectivity index (χ2v) is 6.88. The van der Waals surface area contributed by atoms with E-state index in [1.807, 2.05) is 29.7 Å². The second-order valence-electron chi connectivity index (χ2n) is 6.88. The Bertz CT molecular complexity index is 875. The number of rotatable bonds is 4. The first-order valence-corrected chi connectivity index (χ1v) is 8.92. The van der Waals surface area contributed by atoms with Gasteiger partial charge in [-0.05, 0) is 38.0 Å². The fraction of sp³-hybridized carbons (Fsp3) is 0.474. The smallest absolute Gasteiger partial charge is 0.0699 e. The van der Waals surface area contributed by atoms with Gasteiger partial charge in [-0.2, -0.15) is 10.2 Å². The summed E-state index contributed by atoms with van der Waals surface area (Å²) in [6.07, 6.45) is 4.04. The highest BCUT2D eigenvalue weighted by atomic mass is 16.5. The molecule has 6 heteroatoms. The van der Waals surface area contributed by atoms with Crippen molar-refractivity contribution < 1.29 is 4.74 Å². The number of hydrogen-bond acceptors (Lipinski definition) is 4. The average molecular weight is 339 g/mol. The van der Waals surface area contributed by atoms with Crippen molar-refractivity contribution >= 4 is 16.6 Å². The van der Waals surface area contributed by atoms with Crippen molar-refractivity contribution in [2.75, 3.05) is 18.5 Å². The molecule has 132 valence electrons. The summed E-state index contributed by atoms with van der Waals surface area (Å²) in [5.74, 6) is 0.516. The Kier molecular flexibility index (Phi) is 4.21. The molecule has 1 N–H and O–H groups in total. The van der Waals surface area contributed by atoms with Gasteiger partial charge in [-0.25, -0.2) is 0 Å². The summed E-state index contributed by atoms with van der Waals surface area (Å²) in [4.78, 5) is 0. The van der Waals surface area contributed by atoms with Crippen molar-refractivity contribution in [3.05, 3.63) is 41.9 Å². The lowest BCUT2D eigenvalue weighted by atomic mass is 9.96. The van der Waals surface area contributed by atoms with Crippen molar-refractivity contribution in [3.63, 3.8) is 0 Å². The molecular weight excluding hydrogens is 314 g/mol. The molecule has 0 spiro atoms. The van der Waals surface area contributed by atoms with Crippen LogP contribution in [0.1, 0.15) is 43.1 Å². The number of anilines is 1. The van der Waals surface area contributed by atoms with Gasteiger partial charge in [0.1, 0.15) is 0 Å². The Morgan fingerprint density at radius 3 is 2.80 bits per heavy atom. The van der Waals surface area contributed by atoms with Crippen LogP contribution in [0, 0.1) is 0 Å².